The summed E-state index contributed by atoms with van der Waals surface area (Å²) in [4.78, 5) is 5.01. The van der Waals surface area contributed by atoms with Gasteiger partial charge in [-0.25, -0.2) is 4.39 Å². The van der Waals surface area contributed by atoms with Gasteiger partial charge in [-0.3, -0.25) is 0 Å². The van der Waals surface area contributed by atoms with E-state index in [4.69, 9.17) is 6.58 Å². The van der Waals surface area contributed by atoms with Crippen molar-refractivity contribution in [2.75, 3.05) is 6.54 Å². The molecule has 0 spiro atoms. The predicted molar refractivity (Wildman–Crippen MR) is 153 cm³/mol. The van der Waals surface area contributed by atoms with E-state index >= 15 is 4.39 Å². The molecule has 8 rings (SSSR count). The van der Waals surface area contributed by atoms with Crippen LogP contribution in [0.15, 0.2) is 98.0 Å². The van der Waals surface area contributed by atoms with E-state index in [0.717, 1.165) is 53.0 Å². The Balaban J connectivity index is 1.43. The van der Waals surface area contributed by atoms with Crippen molar-refractivity contribution in [1.82, 2.24) is 9.80 Å². The van der Waals surface area contributed by atoms with Crippen molar-refractivity contribution in [3.63, 3.8) is 0 Å². The van der Waals surface area contributed by atoms with E-state index in [1.54, 1.807) is 6.07 Å². The molecule has 0 saturated carbocycles. The Morgan fingerprint density at radius 3 is 2.64 bits per heavy atom. The highest BCUT2D eigenvalue weighted by atomic mass is 19.1. The van der Waals surface area contributed by atoms with Gasteiger partial charge in [0.15, 0.2) is 6.20 Å². The van der Waals surface area contributed by atoms with Crippen LogP contribution in [0.1, 0.15) is 46.3 Å². The predicted octanol–water partition coefficient (Wildman–Crippen LogP) is 6.98. The standard InChI is InChI=1S/C35H31FN3/c1-22-16-19-38-23(2)33-29(27-11-6-10-25-17-18-37-20-21-39(33)35(37)32(25)27)15-14-26-28(12-7-13-30(26)36)34(38)31(22)24-8-4-3-5-9-24/h3-13,16,19-21,29,33,35H,2,14-15,17-18H2,1H3/q+1. The van der Waals surface area contributed by atoms with Gasteiger partial charge in [0.1, 0.15) is 18.0 Å². The van der Waals surface area contributed by atoms with E-state index in [-0.39, 0.29) is 23.9 Å². The molecule has 192 valence electrons. The fraction of sp³-hybridized carbons (Fsp3) is 0.229. The molecule has 3 nitrogen and oxygen atoms in total. The Bertz CT molecular complexity index is 1690. The fourth-order valence-electron chi connectivity index (χ4n) is 7.69. The van der Waals surface area contributed by atoms with Crippen LogP contribution in [0, 0.1) is 12.7 Å². The van der Waals surface area contributed by atoms with E-state index in [1.807, 2.05) is 12.1 Å². The van der Waals surface area contributed by atoms with Gasteiger partial charge in [0.05, 0.1) is 11.1 Å². The number of halogens is 1. The third-order valence-electron chi connectivity index (χ3n) is 9.39. The molecule has 5 heterocycles. The number of rotatable bonds is 1. The van der Waals surface area contributed by atoms with Crippen LogP contribution in [0.5, 0.6) is 0 Å². The number of aromatic nitrogens is 1. The van der Waals surface area contributed by atoms with Crippen LogP contribution in [0.3, 0.4) is 0 Å². The summed E-state index contributed by atoms with van der Waals surface area (Å²) in [6, 6.07) is 25.2. The molecule has 39 heavy (non-hydrogen) atoms. The van der Waals surface area contributed by atoms with Gasteiger partial charge in [-0.1, -0.05) is 54.6 Å². The summed E-state index contributed by atoms with van der Waals surface area (Å²) in [6.45, 7) is 8.00. The summed E-state index contributed by atoms with van der Waals surface area (Å²) in [5, 5.41) is 0. The number of hydrogen-bond donors (Lipinski definition) is 0. The summed E-state index contributed by atoms with van der Waals surface area (Å²) >= 11 is 0. The second-order valence-corrected chi connectivity index (χ2v) is 11.3. The van der Waals surface area contributed by atoms with Gasteiger partial charge < -0.3 is 9.80 Å². The Morgan fingerprint density at radius 2 is 1.77 bits per heavy atom. The van der Waals surface area contributed by atoms with Crippen molar-refractivity contribution in [3.8, 4) is 22.4 Å². The molecule has 0 fully saturated rings. The molecule has 1 aromatic heterocycles. The first kappa shape index (κ1) is 22.8. The zero-order chi connectivity index (χ0) is 26.2. The molecule has 0 bridgehead atoms. The third-order valence-corrected chi connectivity index (χ3v) is 9.39. The highest BCUT2D eigenvalue weighted by Crippen LogP contribution is 2.52. The first-order valence-electron chi connectivity index (χ1n) is 14.0. The van der Waals surface area contributed by atoms with Gasteiger partial charge in [-0.05, 0) is 67.2 Å². The minimum Gasteiger partial charge on any atom is -0.352 e. The summed E-state index contributed by atoms with van der Waals surface area (Å²) in [6.07, 6.45) is 9.48. The van der Waals surface area contributed by atoms with Crippen molar-refractivity contribution in [2.24, 2.45) is 0 Å². The van der Waals surface area contributed by atoms with Crippen LogP contribution in [0.2, 0.25) is 0 Å². The SMILES string of the molecule is C=C1C2C(CCc3c(F)cccc3-c3c(-c4ccccc4)c(C)cc[n+]31)c1cccc3c1C1N(C=CN21)CC3. The Kier molecular flexibility index (Phi) is 4.91. The van der Waals surface area contributed by atoms with Crippen molar-refractivity contribution in [1.29, 1.82) is 0 Å². The molecule has 0 N–H and O–H groups in total. The van der Waals surface area contributed by atoms with Crippen molar-refractivity contribution in [2.45, 2.75) is 44.3 Å². The molecule has 3 unspecified atom stereocenters. The Labute approximate surface area is 229 Å². The van der Waals surface area contributed by atoms with E-state index in [0.29, 0.717) is 6.42 Å². The number of pyridine rings is 1. The minimum absolute atomic E-state index is 0.0598. The molecule has 0 amide bonds. The monoisotopic (exact) mass is 512 g/mol. The Morgan fingerprint density at radius 1 is 0.923 bits per heavy atom. The lowest BCUT2D eigenvalue weighted by atomic mass is 9.75. The normalized spacial score (nSPS) is 22.3. The molecule has 4 aromatic rings. The summed E-state index contributed by atoms with van der Waals surface area (Å²) < 4.78 is 18.0. The molecular formula is C35H31FN3+. The molecule has 4 heteroatoms. The molecule has 0 aliphatic carbocycles. The van der Waals surface area contributed by atoms with E-state index in [2.05, 4.69) is 94.5 Å². The van der Waals surface area contributed by atoms with Gasteiger partial charge in [-0.15, -0.1) is 0 Å². The number of hydrogen-bond acceptors (Lipinski definition) is 2. The largest absolute Gasteiger partial charge is 0.352 e. The van der Waals surface area contributed by atoms with E-state index in [1.165, 1.54) is 22.3 Å². The van der Waals surface area contributed by atoms with Gasteiger partial charge in [-0.2, -0.15) is 4.57 Å². The molecule has 4 aliphatic rings. The van der Waals surface area contributed by atoms with Crippen LogP contribution in [-0.2, 0) is 12.8 Å². The third kappa shape index (κ3) is 3.18. The van der Waals surface area contributed by atoms with Crippen LogP contribution in [0.25, 0.3) is 28.1 Å². The molecule has 0 saturated heterocycles. The lowest BCUT2D eigenvalue weighted by molar-refractivity contribution is -0.573. The average Bonchev–Trinajstić information content (AvgIpc) is 3.41. The van der Waals surface area contributed by atoms with Crippen LogP contribution < -0.4 is 4.57 Å². The quantitative estimate of drug-likeness (QED) is 0.255. The van der Waals surface area contributed by atoms with Crippen LogP contribution >= 0.6 is 0 Å². The highest BCUT2D eigenvalue weighted by Gasteiger charge is 2.50. The van der Waals surface area contributed by atoms with Gasteiger partial charge in [0.2, 0.25) is 11.4 Å². The van der Waals surface area contributed by atoms with Crippen molar-refractivity contribution < 1.29 is 8.96 Å². The van der Waals surface area contributed by atoms with Gasteiger partial charge in [0, 0.05) is 42.1 Å². The maximum atomic E-state index is 15.7. The van der Waals surface area contributed by atoms with Gasteiger partial charge >= 0.3 is 0 Å². The topological polar surface area (TPSA) is 10.4 Å². The fourth-order valence-corrected chi connectivity index (χ4v) is 7.69. The maximum Gasteiger partial charge on any atom is 0.226 e. The highest BCUT2D eigenvalue weighted by molar-refractivity contribution is 5.83. The zero-order valence-electron chi connectivity index (χ0n) is 22.1. The molecule has 4 aliphatic heterocycles. The summed E-state index contributed by atoms with van der Waals surface area (Å²) in [5.41, 5.74) is 11.6. The minimum atomic E-state index is -0.125. The number of aryl methyl sites for hydroxylation is 1. The molecule has 3 aromatic carbocycles. The van der Waals surface area contributed by atoms with Crippen molar-refractivity contribution >= 4 is 5.70 Å². The van der Waals surface area contributed by atoms with E-state index in [9.17, 15) is 0 Å². The number of benzene rings is 3. The van der Waals surface area contributed by atoms with E-state index < -0.39 is 0 Å². The Hall–Kier alpha value is -4.18. The number of nitrogens with zero attached hydrogens (tertiary/aromatic N) is 3. The van der Waals surface area contributed by atoms with Crippen LogP contribution in [0.4, 0.5) is 4.39 Å². The first-order valence-corrected chi connectivity index (χ1v) is 14.0. The van der Waals surface area contributed by atoms with Gasteiger partial charge in [0.25, 0.3) is 0 Å². The maximum absolute atomic E-state index is 15.7. The second-order valence-electron chi connectivity index (χ2n) is 11.3. The summed E-state index contributed by atoms with van der Waals surface area (Å²) in [5.74, 6) is 0.0819. The first-order chi connectivity index (χ1) is 19.1. The molecule has 3 atom stereocenters. The number of fused-ring (bicyclic) bond motifs is 6. The average molecular weight is 513 g/mol. The summed E-state index contributed by atoms with van der Waals surface area (Å²) in [7, 11) is 0. The second kappa shape index (κ2) is 8.41. The van der Waals surface area contributed by atoms with Crippen LogP contribution in [-0.4, -0.2) is 22.4 Å². The van der Waals surface area contributed by atoms with Crippen molar-refractivity contribution in [3.05, 3.63) is 132 Å². The smallest absolute Gasteiger partial charge is 0.226 e. The molecular weight excluding hydrogens is 481 g/mol. The zero-order valence-corrected chi connectivity index (χ0v) is 22.1. The lowest BCUT2D eigenvalue weighted by Crippen LogP contribution is -2.53. The lowest BCUT2D eigenvalue weighted by Gasteiger charge is -2.48. The molecule has 0 radical (unpaired) electrons.